The van der Waals surface area contributed by atoms with Crippen molar-refractivity contribution in [1.29, 1.82) is 0 Å². The van der Waals surface area contributed by atoms with Crippen LogP contribution in [0.15, 0.2) is 36.7 Å². The van der Waals surface area contributed by atoms with E-state index in [1.807, 2.05) is 12.1 Å². The largest absolute Gasteiger partial charge is 0.483 e. The summed E-state index contributed by atoms with van der Waals surface area (Å²) in [7, 11) is 0. The third-order valence-corrected chi connectivity index (χ3v) is 4.84. The highest BCUT2D eigenvalue weighted by molar-refractivity contribution is 6.34. The Labute approximate surface area is 167 Å². The molecule has 0 saturated carbocycles. The second-order valence-electron chi connectivity index (χ2n) is 6.33. The predicted molar refractivity (Wildman–Crippen MR) is 103 cm³/mol. The summed E-state index contributed by atoms with van der Waals surface area (Å²) in [6.45, 7) is 2.96. The molecule has 6 nitrogen and oxygen atoms in total. The van der Waals surface area contributed by atoms with E-state index >= 15 is 0 Å². The van der Waals surface area contributed by atoms with E-state index in [4.69, 9.17) is 26.2 Å². The smallest absolute Gasteiger partial charge is 0.290 e. The van der Waals surface area contributed by atoms with Crippen LogP contribution < -0.4 is 0 Å². The van der Waals surface area contributed by atoms with Crippen LogP contribution in [0.2, 0.25) is 5.02 Å². The van der Waals surface area contributed by atoms with Crippen molar-refractivity contribution in [2.24, 2.45) is 0 Å². The number of carbonyl (C=O) groups is 2. The number of pyridine rings is 1. The summed E-state index contributed by atoms with van der Waals surface area (Å²) in [6.07, 6.45) is 5.18. The van der Waals surface area contributed by atoms with E-state index in [2.05, 4.69) is 4.98 Å². The van der Waals surface area contributed by atoms with E-state index in [1.54, 1.807) is 30.3 Å². The second kappa shape index (κ2) is 10.7. The Bertz CT molecular complexity index is 798. The van der Waals surface area contributed by atoms with E-state index in [-0.39, 0.29) is 23.2 Å². The minimum absolute atomic E-state index is 0.0302. The van der Waals surface area contributed by atoms with Crippen LogP contribution in [0.5, 0.6) is 0 Å². The van der Waals surface area contributed by atoms with Crippen molar-refractivity contribution in [3.63, 3.8) is 0 Å². The van der Waals surface area contributed by atoms with E-state index in [0.29, 0.717) is 25.3 Å². The quantitative estimate of drug-likeness (QED) is 0.763. The van der Waals surface area contributed by atoms with Crippen LogP contribution in [0.4, 0.5) is 4.39 Å². The summed E-state index contributed by atoms with van der Waals surface area (Å²) in [5, 5.41) is 7.05. The maximum absolute atomic E-state index is 14.3. The van der Waals surface area contributed by atoms with Gasteiger partial charge in [-0.15, -0.1) is 0 Å². The number of ether oxygens (including phenoxy) is 1. The maximum Gasteiger partial charge on any atom is 0.290 e. The normalized spacial score (nSPS) is 15.5. The zero-order valence-electron chi connectivity index (χ0n) is 15.5. The fraction of sp³-hybridized carbons (Fsp3) is 0.350. The van der Waals surface area contributed by atoms with Gasteiger partial charge in [0.1, 0.15) is 5.82 Å². The molecule has 8 heteroatoms. The monoisotopic (exact) mass is 408 g/mol. The number of amides is 1. The van der Waals surface area contributed by atoms with Crippen molar-refractivity contribution in [2.75, 3.05) is 13.2 Å². The molecule has 1 atom stereocenters. The number of halogens is 2. The highest BCUT2D eigenvalue weighted by atomic mass is 35.5. The fourth-order valence-electron chi connectivity index (χ4n) is 2.97. The number of rotatable bonds is 5. The number of benzene rings is 1. The van der Waals surface area contributed by atoms with Gasteiger partial charge in [0.15, 0.2) is 0 Å². The highest BCUT2D eigenvalue weighted by Crippen LogP contribution is 2.26. The van der Waals surface area contributed by atoms with Crippen LogP contribution in [0.3, 0.4) is 0 Å². The Hall–Kier alpha value is -2.51. The number of aryl methyl sites for hydroxylation is 1. The lowest BCUT2D eigenvalue weighted by atomic mass is 10.1. The summed E-state index contributed by atoms with van der Waals surface area (Å²) in [5.74, 6) is -1.02. The molecule has 28 heavy (non-hydrogen) atoms. The highest BCUT2D eigenvalue weighted by Gasteiger charge is 2.27. The Kier molecular flexibility index (Phi) is 8.35. The molecule has 1 aliphatic rings. The van der Waals surface area contributed by atoms with Crippen molar-refractivity contribution in [1.82, 2.24) is 9.88 Å². The number of hydrogen-bond acceptors (Lipinski definition) is 4. The molecule has 1 fully saturated rings. The number of nitrogens with zero attached hydrogens (tertiary/aromatic N) is 2. The van der Waals surface area contributed by atoms with Crippen molar-refractivity contribution in [3.8, 4) is 0 Å². The average Bonchev–Trinajstić information content (AvgIpc) is 3.19. The van der Waals surface area contributed by atoms with E-state index < -0.39 is 11.7 Å². The summed E-state index contributed by atoms with van der Waals surface area (Å²) < 4.78 is 20.0. The zero-order valence-corrected chi connectivity index (χ0v) is 16.2. The fourth-order valence-corrected chi connectivity index (χ4v) is 3.21. The summed E-state index contributed by atoms with van der Waals surface area (Å²) >= 11 is 6.23. The molecule has 2 heterocycles. The molecule has 1 aromatic carbocycles. The molecular weight excluding hydrogens is 387 g/mol. The third-order valence-electron chi connectivity index (χ3n) is 4.36. The molecule has 1 saturated heterocycles. The van der Waals surface area contributed by atoms with Crippen LogP contribution in [-0.2, 0) is 16.1 Å². The minimum Gasteiger partial charge on any atom is -0.483 e. The first kappa shape index (κ1) is 21.8. The minimum atomic E-state index is -0.604. The molecule has 1 aliphatic heterocycles. The zero-order chi connectivity index (χ0) is 20.5. The lowest BCUT2D eigenvalue weighted by molar-refractivity contribution is -0.122. The van der Waals surface area contributed by atoms with E-state index in [0.717, 1.165) is 18.4 Å². The van der Waals surface area contributed by atoms with Crippen molar-refractivity contribution in [2.45, 2.75) is 32.4 Å². The van der Waals surface area contributed by atoms with Gasteiger partial charge in [-0.05, 0) is 49.1 Å². The topological polar surface area (TPSA) is 79.7 Å². The molecule has 0 radical (unpaired) electrons. The molecular formula is C20H22ClFN2O4. The Morgan fingerprint density at radius 2 is 2.07 bits per heavy atom. The van der Waals surface area contributed by atoms with Crippen LogP contribution >= 0.6 is 11.6 Å². The lowest BCUT2D eigenvalue weighted by Gasteiger charge is -2.26. The van der Waals surface area contributed by atoms with Gasteiger partial charge in [0.05, 0.1) is 16.7 Å². The predicted octanol–water partition coefficient (Wildman–Crippen LogP) is 3.70. The van der Waals surface area contributed by atoms with Gasteiger partial charge >= 0.3 is 0 Å². The molecule has 0 aliphatic carbocycles. The third kappa shape index (κ3) is 5.74. The first-order valence-corrected chi connectivity index (χ1v) is 9.18. The molecule has 3 rings (SSSR count). The Balaban J connectivity index is 0.000000878. The van der Waals surface area contributed by atoms with Crippen molar-refractivity contribution >= 4 is 24.0 Å². The molecule has 1 aromatic heterocycles. The van der Waals surface area contributed by atoms with Crippen LogP contribution in [0.25, 0.3) is 0 Å². The van der Waals surface area contributed by atoms with Gasteiger partial charge in [-0.1, -0.05) is 17.7 Å². The summed E-state index contributed by atoms with van der Waals surface area (Å²) in [6, 6.07) is 6.53. The van der Waals surface area contributed by atoms with Crippen molar-refractivity contribution in [3.05, 3.63) is 64.2 Å². The number of hydrogen-bond donors (Lipinski definition) is 1. The molecule has 150 valence electrons. The molecule has 2 aromatic rings. The lowest BCUT2D eigenvalue weighted by Crippen LogP contribution is -2.37. The van der Waals surface area contributed by atoms with Crippen LogP contribution in [-0.4, -0.2) is 46.6 Å². The van der Waals surface area contributed by atoms with E-state index in [9.17, 15) is 9.18 Å². The van der Waals surface area contributed by atoms with Crippen LogP contribution in [0, 0.1) is 12.7 Å². The Morgan fingerprint density at radius 3 is 2.68 bits per heavy atom. The Morgan fingerprint density at radius 1 is 1.39 bits per heavy atom. The van der Waals surface area contributed by atoms with Crippen LogP contribution in [0.1, 0.15) is 34.3 Å². The second-order valence-corrected chi connectivity index (χ2v) is 6.71. The van der Waals surface area contributed by atoms with Gasteiger partial charge in [-0.2, -0.15) is 0 Å². The first-order chi connectivity index (χ1) is 13.5. The molecule has 1 amide bonds. The number of carbonyl (C=O) groups excluding carboxylic acids is 1. The van der Waals surface area contributed by atoms with Gasteiger partial charge in [0.25, 0.3) is 12.4 Å². The molecule has 1 unspecified atom stereocenters. The number of aromatic nitrogens is 1. The first-order valence-electron chi connectivity index (χ1n) is 8.80. The standard InChI is InChI=1S/C19H20ClFN2O2.CH2O2/c1-13-4-5-16(21)17(18(13)20)19(24)23(12-15-3-2-10-25-15)11-14-6-8-22-9-7-14;2-1-3/h4-9,15H,2-3,10-12H2,1H3;1H,(H,2,3). The molecule has 1 N–H and O–H groups in total. The van der Waals surface area contributed by atoms with Gasteiger partial charge in [-0.25, -0.2) is 4.39 Å². The SMILES string of the molecule is Cc1ccc(F)c(C(=O)N(Cc2ccncc2)CC2CCCO2)c1Cl.O=CO. The number of carboxylic acid groups (broad SMARTS) is 1. The average molecular weight is 409 g/mol. The van der Waals surface area contributed by atoms with Gasteiger partial charge in [0.2, 0.25) is 0 Å². The molecule has 0 spiro atoms. The summed E-state index contributed by atoms with van der Waals surface area (Å²) in [4.78, 5) is 27.0. The van der Waals surface area contributed by atoms with Gasteiger partial charge in [0, 0.05) is 32.1 Å². The van der Waals surface area contributed by atoms with E-state index in [1.165, 1.54) is 6.07 Å². The maximum atomic E-state index is 14.3. The van der Waals surface area contributed by atoms with Gasteiger partial charge < -0.3 is 14.7 Å². The van der Waals surface area contributed by atoms with Gasteiger partial charge in [-0.3, -0.25) is 14.6 Å². The molecule has 0 bridgehead atoms. The van der Waals surface area contributed by atoms with Crippen molar-refractivity contribution < 1.29 is 23.8 Å². The summed E-state index contributed by atoms with van der Waals surface area (Å²) in [5.41, 5.74) is 1.52.